The highest BCUT2D eigenvalue weighted by atomic mass is 28.3. The lowest BCUT2D eigenvalue weighted by atomic mass is 9.89. The van der Waals surface area contributed by atoms with Gasteiger partial charge in [0.15, 0.2) is 0 Å². The Hall–Kier alpha value is -2.99. The van der Waals surface area contributed by atoms with Crippen LogP contribution in [0.25, 0.3) is 21.5 Å². The Bertz CT molecular complexity index is 1310. The number of allylic oxidation sites excluding steroid dienone is 2. The lowest BCUT2D eigenvalue weighted by Crippen LogP contribution is -2.37. The second-order valence-electron chi connectivity index (χ2n) is 11.7. The monoisotopic (exact) mass is 731 g/mol. The Morgan fingerprint density at radius 2 is 0.640 bits per heavy atom. The van der Waals surface area contributed by atoms with Gasteiger partial charge in [0.2, 0.25) is 0 Å². The molecule has 0 fully saturated rings. The molecule has 0 N–H and O–H groups in total. The van der Waals surface area contributed by atoms with Gasteiger partial charge in [-0.15, -0.1) is 0 Å². The molecule has 4 aromatic rings. The Kier molecular flexibility index (Phi) is 32.3. The molecule has 0 saturated heterocycles. The van der Waals surface area contributed by atoms with E-state index in [2.05, 4.69) is 135 Å². The van der Waals surface area contributed by atoms with Crippen LogP contribution in [0.2, 0.25) is 36.3 Å². The van der Waals surface area contributed by atoms with E-state index >= 15 is 0 Å². The van der Waals surface area contributed by atoms with Crippen molar-refractivity contribution in [2.75, 3.05) is 0 Å². The van der Waals surface area contributed by atoms with Gasteiger partial charge < -0.3 is 0 Å². The summed E-state index contributed by atoms with van der Waals surface area (Å²) in [6, 6.07) is 54.3. The normalized spacial score (nSPS) is 12.4. The van der Waals surface area contributed by atoms with Crippen LogP contribution in [0, 0.1) is 0 Å². The Morgan fingerprint density at radius 1 is 0.380 bits per heavy atom. The van der Waals surface area contributed by atoms with Gasteiger partial charge in [0.25, 0.3) is 0 Å². The maximum Gasteiger partial charge on any atom is 0.121 e. The maximum absolute atomic E-state index is 2.41. The van der Waals surface area contributed by atoms with Crippen LogP contribution in [0.4, 0.5) is 0 Å². The molecule has 1 aliphatic rings. The van der Waals surface area contributed by atoms with Gasteiger partial charge in [-0.1, -0.05) is 239 Å². The third-order valence-electron chi connectivity index (χ3n) is 8.87. The van der Waals surface area contributed by atoms with Crippen LogP contribution in [0.15, 0.2) is 121 Å². The fraction of sp³-hybridized carbons (Fsp3) is 0.404. The molecule has 1 aliphatic heterocycles. The van der Waals surface area contributed by atoms with Gasteiger partial charge in [-0.25, -0.2) is 0 Å². The van der Waals surface area contributed by atoms with E-state index in [1.807, 2.05) is 0 Å². The zero-order valence-corrected chi connectivity index (χ0v) is 28.9. The second-order valence-corrected chi connectivity index (χ2v) is 20.7. The molecule has 282 valence electrons. The molecule has 0 aliphatic carbocycles. The first-order chi connectivity index (χ1) is 20.3. The summed E-state index contributed by atoms with van der Waals surface area (Å²) in [7, 11) is -2.08. The molecular weight excluding hydrogens is 649 g/mol. The fourth-order valence-electron chi connectivity index (χ4n) is 7.02. The highest BCUT2D eigenvalue weighted by Gasteiger charge is 2.49. The highest BCUT2D eigenvalue weighted by Crippen LogP contribution is 2.59. The molecule has 0 unspecified atom stereocenters. The van der Waals surface area contributed by atoms with Crippen LogP contribution in [-0.4, -0.2) is 27.1 Å². The van der Waals surface area contributed by atoms with Crippen LogP contribution in [0.5, 0.6) is 0 Å². The van der Waals surface area contributed by atoms with Crippen LogP contribution in [0.1, 0.15) is 116 Å². The van der Waals surface area contributed by atoms with Crippen molar-refractivity contribution >= 4 is 48.7 Å². The zero-order valence-electron chi connectivity index (χ0n) is 25.1. The predicted molar refractivity (Wildman–Crippen MR) is 252 cm³/mol. The predicted octanol–water partition coefficient (Wildman–Crippen LogP) is 15.3. The third-order valence-corrected chi connectivity index (χ3v) is 17.7. The number of rotatable bonds is 14. The fourth-order valence-corrected chi connectivity index (χ4v) is 16.4. The van der Waals surface area contributed by atoms with Crippen LogP contribution >= 0.6 is 0 Å². The second kappa shape index (κ2) is 28.7. The van der Waals surface area contributed by atoms with E-state index in [9.17, 15) is 0 Å². The van der Waals surface area contributed by atoms with Crippen molar-refractivity contribution < 1.29 is 0 Å². The number of hydrogen-bond donors (Lipinski definition) is 0. The minimum Gasteiger partial charge on any atom is -0.0776 e. The maximum atomic E-state index is 2.41. The van der Waals surface area contributed by atoms with Crippen molar-refractivity contribution in [2.24, 2.45) is 0 Å². The molecule has 0 aromatic heterocycles. The van der Waals surface area contributed by atoms with Gasteiger partial charge in [-0.2, -0.15) is 0 Å². The molecule has 0 amide bonds. The lowest BCUT2D eigenvalue weighted by Gasteiger charge is -2.35. The molecule has 0 bridgehead atoms. The van der Waals surface area contributed by atoms with Gasteiger partial charge in [-0.05, 0) is 55.9 Å². The molecule has 0 nitrogen and oxygen atoms in total. The van der Waals surface area contributed by atoms with Crippen LogP contribution in [-0.2, 0) is 0 Å². The first-order valence-electron chi connectivity index (χ1n) is 16.0. The van der Waals surface area contributed by atoms with E-state index in [0.29, 0.717) is 0 Å². The summed E-state index contributed by atoms with van der Waals surface area (Å²) in [4.78, 5) is 0. The molecule has 0 saturated carbocycles. The van der Waals surface area contributed by atoms with Gasteiger partial charge in [-0.3, -0.25) is 0 Å². The third kappa shape index (κ3) is 12.7. The molecule has 4 aromatic carbocycles. The van der Waals surface area contributed by atoms with E-state index in [1.54, 1.807) is 10.4 Å². The first kappa shape index (κ1) is 56.4. The zero-order chi connectivity index (χ0) is 28.3. The van der Waals surface area contributed by atoms with Gasteiger partial charge >= 0.3 is 0 Å². The quantitative estimate of drug-likeness (QED) is 0.0895. The molecule has 0 atom stereocenters. The van der Waals surface area contributed by atoms with Crippen molar-refractivity contribution in [1.82, 2.24) is 0 Å². The summed E-state index contributed by atoms with van der Waals surface area (Å²) in [5.41, 5.74) is 8.68. The largest absolute Gasteiger partial charge is 0.121 e. The molecule has 0 spiro atoms. The average Bonchev–Trinajstić information content (AvgIpc) is 3.34. The van der Waals surface area contributed by atoms with Crippen molar-refractivity contribution in [3.8, 4) is 0 Å². The van der Waals surface area contributed by atoms with E-state index in [0.717, 1.165) is 0 Å². The Balaban J connectivity index is -0.000000750. The van der Waals surface area contributed by atoms with Crippen molar-refractivity contribution in [3.63, 3.8) is 0 Å². The van der Waals surface area contributed by atoms with E-state index < -0.39 is 8.07 Å². The van der Waals surface area contributed by atoms with Gasteiger partial charge in [0, 0.05) is 19.0 Å². The summed E-state index contributed by atoms with van der Waals surface area (Å²) in [6.45, 7) is 4.80. The minimum absolute atomic E-state index is 0. The standard InChI is InChI=1S/C38H46Si3.9CH4/c1-3-39-27-17-29-41(30-18-28-40-4-2)37(33-23-13-7-14-24-33)35(31-19-9-5-10-20-31)36(32-21-11-6-12-22-32)38(41)34-25-15-8-16-26-34;;;;;;;;;/h5-16,19-26H,3-4,17-18,27-30,39-40H2,1-2H3;9*1H4. The summed E-state index contributed by atoms with van der Waals surface area (Å²) >= 11 is 0. The van der Waals surface area contributed by atoms with Crippen molar-refractivity contribution in [1.29, 1.82) is 0 Å². The minimum atomic E-state index is -2.16. The lowest BCUT2D eigenvalue weighted by molar-refractivity contribution is 0.986. The molecule has 3 heteroatoms. The number of hydrogen-bond acceptors (Lipinski definition) is 0. The summed E-state index contributed by atoms with van der Waals surface area (Å²) in [6.07, 6.45) is 2.77. The highest BCUT2D eigenvalue weighted by molar-refractivity contribution is 7.14. The van der Waals surface area contributed by atoms with E-state index in [1.165, 1.54) is 82.5 Å². The molecule has 5 rings (SSSR count). The SMILES string of the molecule is C.C.C.C.C.C.C.C.C.CC[SiH2]CCC[Si]1(CCC[SiH2]CC)C(c2ccccc2)=C(c2ccccc2)C(c2ccccc2)=C1c1ccccc1. The summed E-state index contributed by atoms with van der Waals surface area (Å²) in [5, 5.41) is 3.41. The Labute approximate surface area is 320 Å². The molecule has 0 radical (unpaired) electrons. The van der Waals surface area contributed by atoms with Gasteiger partial charge in [0.05, 0.1) is 0 Å². The van der Waals surface area contributed by atoms with Gasteiger partial charge in [0.1, 0.15) is 8.07 Å². The van der Waals surface area contributed by atoms with Crippen molar-refractivity contribution in [3.05, 3.63) is 144 Å². The summed E-state index contributed by atoms with van der Waals surface area (Å²) < 4.78 is 0. The average molecular weight is 731 g/mol. The molecule has 1 heterocycles. The first-order valence-corrected chi connectivity index (χ1v) is 22.4. The molecule has 50 heavy (non-hydrogen) atoms. The topological polar surface area (TPSA) is 0 Å². The van der Waals surface area contributed by atoms with E-state index in [-0.39, 0.29) is 85.9 Å². The van der Waals surface area contributed by atoms with Crippen LogP contribution in [0.3, 0.4) is 0 Å². The Morgan fingerprint density at radius 3 is 0.900 bits per heavy atom. The number of benzene rings is 4. The summed E-state index contributed by atoms with van der Waals surface area (Å²) in [5.74, 6) is 0. The van der Waals surface area contributed by atoms with E-state index in [4.69, 9.17) is 0 Å². The smallest absolute Gasteiger partial charge is 0.0776 e. The molecular formula is C47H82Si3. The van der Waals surface area contributed by atoms with Crippen LogP contribution < -0.4 is 0 Å². The van der Waals surface area contributed by atoms with Crippen molar-refractivity contribution in [2.45, 2.75) is 130 Å².